The predicted octanol–water partition coefficient (Wildman–Crippen LogP) is 3.21. The fourth-order valence-electron chi connectivity index (χ4n) is 2.43. The van der Waals surface area contributed by atoms with Gasteiger partial charge in [-0.05, 0) is 42.8 Å². The Kier molecular flexibility index (Phi) is 3.98. The third-order valence-corrected chi connectivity index (χ3v) is 5.97. The average Bonchev–Trinajstić information content (AvgIpc) is 3.16. The molecule has 2 aromatic heterocycles. The van der Waals surface area contributed by atoms with E-state index >= 15 is 0 Å². The summed E-state index contributed by atoms with van der Waals surface area (Å²) in [6.07, 6.45) is 1.66. The highest BCUT2D eigenvalue weighted by molar-refractivity contribution is 7.91. The van der Waals surface area contributed by atoms with Crippen LogP contribution in [-0.4, -0.2) is 23.0 Å². The lowest BCUT2D eigenvalue weighted by molar-refractivity contribution is 0.479. The normalized spacial score (nSPS) is 11.8. The number of hydrogen-bond donors (Lipinski definition) is 1. The van der Waals surface area contributed by atoms with E-state index in [1.165, 1.54) is 4.52 Å². The van der Waals surface area contributed by atoms with E-state index < -0.39 is 10.0 Å². The van der Waals surface area contributed by atoms with Crippen LogP contribution < -0.4 is 9.88 Å². The van der Waals surface area contributed by atoms with Gasteiger partial charge >= 0.3 is 0 Å². The van der Waals surface area contributed by atoms with Crippen LogP contribution >= 0.6 is 11.3 Å². The van der Waals surface area contributed by atoms with E-state index in [0.717, 1.165) is 34.0 Å². The van der Waals surface area contributed by atoms with E-state index in [1.807, 2.05) is 55.5 Å². The molecule has 7 nitrogen and oxygen atoms in total. The molecule has 2 heterocycles. The lowest BCUT2D eigenvalue weighted by atomic mass is 10.1. The number of fused-ring (bicyclic) bond motifs is 1. The molecule has 26 heavy (non-hydrogen) atoms. The second-order valence-electron chi connectivity index (χ2n) is 5.66. The van der Waals surface area contributed by atoms with E-state index in [9.17, 15) is 8.42 Å². The largest absolute Gasteiger partial charge is 0.457 e. The van der Waals surface area contributed by atoms with Crippen molar-refractivity contribution in [3.05, 3.63) is 60.3 Å². The van der Waals surface area contributed by atoms with E-state index in [0.29, 0.717) is 10.7 Å². The van der Waals surface area contributed by atoms with Crippen molar-refractivity contribution in [1.29, 1.82) is 0 Å². The molecular weight excluding hydrogens is 372 g/mol. The first-order chi connectivity index (χ1) is 12.4. The maximum Gasteiger partial charge on any atom is 0.267 e. The molecule has 2 N–H and O–H groups in total. The Morgan fingerprint density at radius 3 is 2.50 bits per heavy atom. The van der Waals surface area contributed by atoms with Gasteiger partial charge in [0.15, 0.2) is 0 Å². The van der Waals surface area contributed by atoms with Gasteiger partial charge in [-0.25, -0.2) is 23.1 Å². The molecule has 0 aliphatic heterocycles. The van der Waals surface area contributed by atoms with Crippen molar-refractivity contribution < 1.29 is 13.2 Å². The summed E-state index contributed by atoms with van der Waals surface area (Å²) in [5.74, 6) is 1.53. The number of aromatic nitrogens is 3. The highest BCUT2D eigenvalue weighted by Crippen LogP contribution is 2.28. The summed E-state index contributed by atoms with van der Waals surface area (Å²) < 4.78 is 29.8. The molecule has 2 aromatic carbocycles. The molecule has 0 amide bonds. The highest BCUT2D eigenvalue weighted by atomic mass is 32.2. The van der Waals surface area contributed by atoms with Gasteiger partial charge in [-0.1, -0.05) is 29.5 Å². The molecule has 9 heteroatoms. The summed E-state index contributed by atoms with van der Waals surface area (Å²) in [5.41, 5.74) is 2.62. The van der Waals surface area contributed by atoms with Crippen molar-refractivity contribution >= 4 is 26.3 Å². The monoisotopic (exact) mass is 386 g/mol. The number of nitrogens with zero attached hydrogens (tertiary/aromatic N) is 3. The molecule has 0 saturated heterocycles. The highest BCUT2D eigenvalue weighted by Gasteiger charge is 2.17. The van der Waals surface area contributed by atoms with Crippen molar-refractivity contribution in [2.24, 2.45) is 5.14 Å². The van der Waals surface area contributed by atoms with Crippen molar-refractivity contribution in [3.8, 4) is 22.8 Å². The van der Waals surface area contributed by atoms with Crippen molar-refractivity contribution in [1.82, 2.24) is 14.6 Å². The molecule has 0 radical (unpaired) electrons. The first-order valence-corrected chi connectivity index (χ1v) is 9.99. The molecule has 4 rings (SSSR count). The molecule has 0 unspecified atom stereocenters. The van der Waals surface area contributed by atoms with Crippen LogP contribution in [0.2, 0.25) is 0 Å². The van der Waals surface area contributed by atoms with Crippen LogP contribution in [0, 0.1) is 6.92 Å². The van der Waals surface area contributed by atoms with E-state index in [2.05, 4.69) is 10.1 Å². The first kappa shape index (κ1) is 16.7. The summed E-state index contributed by atoms with van der Waals surface area (Å²) >= 11 is 0.929. The Bertz CT molecular complexity index is 1160. The zero-order valence-electron chi connectivity index (χ0n) is 13.7. The number of para-hydroxylation sites is 1. The van der Waals surface area contributed by atoms with Crippen molar-refractivity contribution in [3.63, 3.8) is 0 Å². The predicted molar refractivity (Wildman–Crippen MR) is 98.9 cm³/mol. The standard InChI is InChI=1S/C17H14N4O3S2/c1-11-4-2-3-5-15(11)24-13-8-6-12(7-9-13)14-10-21-16(19-14)25-17(20-21)26(18,22)23/h2-10H,1H3,(H2,18,22,23). The third kappa shape index (κ3) is 3.19. The molecule has 0 bridgehead atoms. The fraction of sp³-hybridized carbons (Fsp3) is 0.0588. The van der Waals surface area contributed by atoms with Gasteiger partial charge in [-0.15, -0.1) is 5.10 Å². The van der Waals surface area contributed by atoms with Gasteiger partial charge in [0, 0.05) is 5.56 Å². The maximum atomic E-state index is 11.3. The van der Waals surface area contributed by atoms with Crippen molar-refractivity contribution in [2.45, 2.75) is 11.3 Å². The van der Waals surface area contributed by atoms with E-state index in [4.69, 9.17) is 9.88 Å². The number of nitrogens with two attached hydrogens (primary N) is 1. The molecule has 0 fully saturated rings. The van der Waals surface area contributed by atoms with Gasteiger partial charge in [-0.2, -0.15) is 0 Å². The second-order valence-corrected chi connectivity index (χ2v) is 8.35. The molecule has 0 aliphatic carbocycles. The number of ether oxygens (including phenoxy) is 1. The second kappa shape index (κ2) is 6.20. The van der Waals surface area contributed by atoms with Gasteiger partial charge in [0.25, 0.3) is 10.0 Å². The third-order valence-electron chi connectivity index (χ3n) is 3.74. The first-order valence-electron chi connectivity index (χ1n) is 7.63. The Balaban J connectivity index is 1.59. The number of aryl methyl sites for hydroxylation is 1. The number of primary sulfonamides is 1. The zero-order chi connectivity index (χ0) is 18.3. The average molecular weight is 386 g/mol. The number of hydrogen-bond acceptors (Lipinski definition) is 6. The fourth-order valence-corrected chi connectivity index (χ4v) is 3.93. The molecule has 0 saturated carbocycles. The minimum absolute atomic E-state index is 0.159. The number of imidazole rings is 1. The smallest absolute Gasteiger partial charge is 0.267 e. The number of rotatable bonds is 4. The molecule has 0 atom stereocenters. The Hall–Kier alpha value is -2.75. The summed E-state index contributed by atoms with van der Waals surface area (Å²) in [5, 5.41) is 9.03. The lowest BCUT2D eigenvalue weighted by Crippen LogP contribution is -2.12. The van der Waals surface area contributed by atoms with Gasteiger partial charge in [0.1, 0.15) is 11.5 Å². The van der Waals surface area contributed by atoms with Crippen LogP contribution in [0.3, 0.4) is 0 Å². The minimum atomic E-state index is -3.82. The zero-order valence-corrected chi connectivity index (χ0v) is 15.3. The van der Waals surface area contributed by atoms with Gasteiger partial charge < -0.3 is 4.74 Å². The molecule has 0 aliphatic rings. The topological polar surface area (TPSA) is 99.6 Å². The van der Waals surface area contributed by atoms with Crippen LogP contribution in [0.4, 0.5) is 0 Å². The minimum Gasteiger partial charge on any atom is -0.457 e. The number of benzene rings is 2. The van der Waals surface area contributed by atoms with Crippen LogP contribution in [-0.2, 0) is 10.0 Å². The van der Waals surface area contributed by atoms with Crippen LogP contribution in [0.15, 0.2) is 59.1 Å². The Morgan fingerprint density at radius 1 is 1.12 bits per heavy atom. The molecule has 4 aromatic rings. The number of sulfonamides is 1. The van der Waals surface area contributed by atoms with E-state index in [1.54, 1.807) is 6.20 Å². The summed E-state index contributed by atoms with van der Waals surface area (Å²) in [7, 11) is -3.82. The molecule has 0 spiro atoms. The Morgan fingerprint density at radius 2 is 1.85 bits per heavy atom. The van der Waals surface area contributed by atoms with E-state index in [-0.39, 0.29) is 4.34 Å². The molecule has 132 valence electrons. The summed E-state index contributed by atoms with van der Waals surface area (Å²) in [6, 6.07) is 15.3. The van der Waals surface area contributed by atoms with Gasteiger partial charge in [0.05, 0.1) is 11.9 Å². The maximum absolute atomic E-state index is 11.3. The Labute approximate surface area is 153 Å². The summed E-state index contributed by atoms with van der Waals surface area (Å²) in [4.78, 5) is 4.87. The quantitative estimate of drug-likeness (QED) is 0.580. The van der Waals surface area contributed by atoms with Crippen LogP contribution in [0.5, 0.6) is 11.5 Å². The van der Waals surface area contributed by atoms with Crippen LogP contribution in [0.25, 0.3) is 16.2 Å². The SMILES string of the molecule is Cc1ccccc1Oc1ccc(-c2cn3nc(S(N)(=O)=O)sc3n2)cc1. The lowest BCUT2D eigenvalue weighted by Gasteiger charge is -2.08. The van der Waals surface area contributed by atoms with Crippen molar-refractivity contribution in [2.75, 3.05) is 0 Å². The van der Waals surface area contributed by atoms with Gasteiger partial charge in [0.2, 0.25) is 9.30 Å². The molecular formula is C17H14N4O3S2. The van der Waals surface area contributed by atoms with Crippen LogP contribution in [0.1, 0.15) is 5.56 Å². The van der Waals surface area contributed by atoms with Gasteiger partial charge in [-0.3, -0.25) is 0 Å². The summed E-state index contributed by atoms with van der Waals surface area (Å²) in [6.45, 7) is 1.99.